The smallest absolute Gasteiger partial charge is 0.255 e. The topological polar surface area (TPSA) is 108 Å². The maximum absolute atomic E-state index is 13.2. The van der Waals surface area contributed by atoms with Crippen LogP contribution in [-0.2, 0) is 16.1 Å². The number of imide groups is 1. The van der Waals surface area contributed by atoms with Crippen molar-refractivity contribution in [3.05, 3.63) is 34.9 Å². The van der Waals surface area contributed by atoms with E-state index in [1.54, 1.807) is 18.2 Å². The van der Waals surface area contributed by atoms with Gasteiger partial charge in [-0.15, -0.1) is 0 Å². The van der Waals surface area contributed by atoms with Gasteiger partial charge in [0.25, 0.3) is 11.8 Å². The first-order chi connectivity index (χ1) is 15.5. The summed E-state index contributed by atoms with van der Waals surface area (Å²) in [5.41, 5.74) is 2.09. The molecule has 0 radical (unpaired) electrons. The molecule has 0 bridgehead atoms. The van der Waals surface area contributed by atoms with Crippen LogP contribution in [0.25, 0.3) is 0 Å². The number of rotatable bonds is 3. The third-order valence-electron chi connectivity index (χ3n) is 7.87. The van der Waals surface area contributed by atoms with E-state index in [9.17, 15) is 19.2 Å². The predicted molar refractivity (Wildman–Crippen MR) is 117 cm³/mol. The standard InChI is InChI=1S/C24H30N4O4/c29-20-5-4-19(22(31)27-20)28-14-18-16(2-1-3-17(18)23(28)32)21(30)26-15-6-8-24(9-7-15)10-12-25-13-11-24/h1-3,15,19,25H,4-14H2,(H,26,30)(H,27,29,31). The highest BCUT2D eigenvalue weighted by Crippen LogP contribution is 2.43. The lowest BCUT2D eigenvalue weighted by Crippen LogP contribution is -2.52. The molecular formula is C24H30N4O4. The second-order valence-electron chi connectivity index (χ2n) is 9.73. The molecule has 1 aromatic carbocycles. The SMILES string of the molecule is O=C1CCC(N2Cc3c(C(=O)NC4CCC5(CCNCC5)CC4)cccc3C2=O)C(=O)N1. The van der Waals surface area contributed by atoms with Crippen molar-refractivity contribution in [1.29, 1.82) is 0 Å². The van der Waals surface area contributed by atoms with E-state index in [1.807, 2.05) is 0 Å². The van der Waals surface area contributed by atoms with Crippen LogP contribution in [0.5, 0.6) is 0 Å². The number of piperidine rings is 2. The van der Waals surface area contributed by atoms with Gasteiger partial charge in [-0.3, -0.25) is 24.5 Å². The Hall–Kier alpha value is -2.74. The molecule has 2 saturated heterocycles. The number of fused-ring (bicyclic) bond motifs is 1. The third-order valence-corrected chi connectivity index (χ3v) is 7.87. The summed E-state index contributed by atoms with van der Waals surface area (Å²) in [6.07, 6.45) is 7.23. The van der Waals surface area contributed by atoms with Gasteiger partial charge in [0.1, 0.15) is 6.04 Å². The molecule has 8 heteroatoms. The number of benzene rings is 1. The average molecular weight is 439 g/mol. The van der Waals surface area contributed by atoms with E-state index >= 15 is 0 Å². The van der Waals surface area contributed by atoms with Crippen LogP contribution in [0.2, 0.25) is 0 Å². The Morgan fingerprint density at radius 1 is 1.03 bits per heavy atom. The fourth-order valence-corrected chi connectivity index (χ4v) is 5.89. The van der Waals surface area contributed by atoms with Crippen molar-refractivity contribution in [2.75, 3.05) is 13.1 Å². The molecule has 1 spiro atoms. The van der Waals surface area contributed by atoms with Gasteiger partial charge in [-0.25, -0.2) is 0 Å². The Kier molecular flexibility index (Phi) is 5.49. The minimum Gasteiger partial charge on any atom is -0.349 e. The molecule has 1 saturated carbocycles. The number of hydrogen-bond acceptors (Lipinski definition) is 5. The maximum Gasteiger partial charge on any atom is 0.255 e. The molecule has 4 aliphatic rings. The van der Waals surface area contributed by atoms with Crippen LogP contribution in [0, 0.1) is 5.41 Å². The van der Waals surface area contributed by atoms with Gasteiger partial charge < -0.3 is 15.5 Å². The first-order valence-electron chi connectivity index (χ1n) is 11.7. The molecule has 1 unspecified atom stereocenters. The predicted octanol–water partition coefficient (Wildman–Crippen LogP) is 1.49. The Bertz CT molecular complexity index is 959. The van der Waals surface area contributed by atoms with Crippen molar-refractivity contribution in [3.8, 4) is 0 Å². The van der Waals surface area contributed by atoms with Crippen LogP contribution >= 0.6 is 0 Å². The van der Waals surface area contributed by atoms with E-state index in [2.05, 4.69) is 16.0 Å². The van der Waals surface area contributed by atoms with Crippen LogP contribution < -0.4 is 16.0 Å². The van der Waals surface area contributed by atoms with Gasteiger partial charge in [-0.05, 0) is 81.1 Å². The highest BCUT2D eigenvalue weighted by Gasteiger charge is 2.41. The van der Waals surface area contributed by atoms with Crippen LogP contribution in [0.15, 0.2) is 18.2 Å². The van der Waals surface area contributed by atoms with Crippen molar-refractivity contribution in [3.63, 3.8) is 0 Å². The summed E-state index contributed by atoms with van der Waals surface area (Å²) < 4.78 is 0. The molecule has 1 aliphatic carbocycles. The van der Waals surface area contributed by atoms with Crippen molar-refractivity contribution < 1.29 is 19.2 Å². The van der Waals surface area contributed by atoms with Crippen molar-refractivity contribution in [2.24, 2.45) is 5.41 Å². The molecule has 32 heavy (non-hydrogen) atoms. The van der Waals surface area contributed by atoms with Crippen molar-refractivity contribution in [2.45, 2.75) is 70.0 Å². The molecule has 170 valence electrons. The van der Waals surface area contributed by atoms with E-state index in [1.165, 1.54) is 17.7 Å². The van der Waals surface area contributed by atoms with Gasteiger partial charge in [0.05, 0.1) is 0 Å². The van der Waals surface area contributed by atoms with Gasteiger partial charge in [-0.1, -0.05) is 6.07 Å². The van der Waals surface area contributed by atoms with Crippen LogP contribution in [0.4, 0.5) is 0 Å². The summed E-state index contributed by atoms with van der Waals surface area (Å²) in [7, 11) is 0. The second-order valence-corrected chi connectivity index (χ2v) is 9.73. The number of nitrogens with one attached hydrogen (secondary N) is 3. The lowest BCUT2D eigenvalue weighted by molar-refractivity contribution is -0.136. The van der Waals surface area contributed by atoms with E-state index < -0.39 is 11.9 Å². The number of nitrogens with zero attached hydrogens (tertiary/aromatic N) is 1. The number of hydrogen-bond donors (Lipinski definition) is 3. The fourth-order valence-electron chi connectivity index (χ4n) is 5.89. The highest BCUT2D eigenvalue weighted by molar-refractivity contribution is 6.07. The Labute approximate surface area is 187 Å². The number of carbonyl (C=O) groups excluding carboxylic acids is 4. The second kappa shape index (κ2) is 8.31. The van der Waals surface area contributed by atoms with Gasteiger partial charge in [0.2, 0.25) is 11.8 Å². The summed E-state index contributed by atoms with van der Waals surface area (Å²) in [5.74, 6) is -1.16. The van der Waals surface area contributed by atoms with Gasteiger partial charge in [0, 0.05) is 30.1 Å². The lowest BCUT2D eigenvalue weighted by Gasteiger charge is -2.43. The monoisotopic (exact) mass is 438 g/mol. The summed E-state index contributed by atoms with van der Waals surface area (Å²) in [5, 5.41) is 8.95. The number of carbonyl (C=O) groups is 4. The summed E-state index contributed by atoms with van der Waals surface area (Å²) in [4.78, 5) is 51.4. The Morgan fingerprint density at radius 2 is 1.78 bits per heavy atom. The largest absolute Gasteiger partial charge is 0.349 e. The van der Waals surface area contributed by atoms with Crippen molar-refractivity contribution >= 4 is 23.6 Å². The van der Waals surface area contributed by atoms with E-state index in [0.29, 0.717) is 28.5 Å². The van der Waals surface area contributed by atoms with Crippen molar-refractivity contribution in [1.82, 2.24) is 20.9 Å². The summed E-state index contributed by atoms with van der Waals surface area (Å²) in [6.45, 7) is 2.39. The molecule has 1 atom stereocenters. The van der Waals surface area contributed by atoms with E-state index in [0.717, 1.165) is 38.8 Å². The molecule has 1 aromatic rings. The average Bonchev–Trinajstić information content (AvgIpc) is 3.12. The zero-order chi connectivity index (χ0) is 22.3. The first kappa shape index (κ1) is 21.1. The molecule has 3 fully saturated rings. The third kappa shape index (κ3) is 3.81. The van der Waals surface area contributed by atoms with Gasteiger partial charge >= 0.3 is 0 Å². The fraction of sp³-hybridized carbons (Fsp3) is 0.583. The van der Waals surface area contributed by atoms with Gasteiger partial charge in [-0.2, -0.15) is 0 Å². The molecule has 5 rings (SSSR count). The molecule has 3 heterocycles. The molecule has 3 aliphatic heterocycles. The summed E-state index contributed by atoms with van der Waals surface area (Å²) >= 11 is 0. The normalized spacial score (nSPS) is 25.6. The Morgan fingerprint density at radius 3 is 2.50 bits per heavy atom. The minimum atomic E-state index is -0.678. The van der Waals surface area contributed by atoms with Crippen LogP contribution in [0.1, 0.15) is 77.6 Å². The molecule has 0 aromatic heterocycles. The minimum absolute atomic E-state index is 0.147. The lowest BCUT2D eigenvalue weighted by atomic mass is 9.67. The first-order valence-corrected chi connectivity index (χ1v) is 11.7. The quantitative estimate of drug-likeness (QED) is 0.620. The van der Waals surface area contributed by atoms with E-state index in [-0.39, 0.29) is 36.7 Å². The molecule has 4 amide bonds. The number of amides is 4. The van der Waals surface area contributed by atoms with E-state index in [4.69, 9.17) is 0 Å². The molecule has 8 nitrogen and oxygen atoms in total. The zero-order valence-electron chi connectivity index (χ0n) is 18.2. The zero-order valence-corrected chi connectivity index (χ0v) is 18.2. The van der Waals surface area contributed by atoms with Crippen LogP contribution in [-0.4, -0.2) is 53.7 Å². The molecule has 3 N–H and O–H groups in total. The highest BCUT2D eigenvalue weighted by atomic mass is 16.2. The molecular weight excluding hydrogens is 408 g/mol. The maximum atomic E-state index is 13.2. The van der Waals surface area contributed by atoms with Gasteiger partial charge in [0.15, 0.2) is 0 Å². The summed E-state index contributed by atoms with van der Waals surface area (Å²) in [6, 6.07) is 4.67. The van der Waals surface area contributed by atoms with Crippen LogP contribution in [0.3, 0.4) is 0 Å². The Balaban J connectivity index is 1.27.